The molecule has 208 valence electrons. The van der Waals surface area contributed by atoms with Gasteiger partial charge in [-0.15, -0.1) is 0 Å². The number of hydrogen-bond acceptors (Lipinski definition) is 9. The first-order valence-corrected chi connectivity index (χ1v) is 13.1. The van der Waals surface area contributed by atoms with Gasteiger partial charge in [0.2, 0.25) is 0 Å². The van der Waals surface area contributed by atoms with Gasteiger partial charge in [-0.25, -0.2) is 0 Å². The number of allylic oxidation sites excluding steroid dienone is 6. The number of hydrogen-bond donors (Lipinski definition) is 5. The summed E-state index contributed by atoms with van der Waals surface area (Å²) >= 11 is 0. The van der Waals surface area contributed by atoms with Crippen molar-refractivity contribution >= 4 is 5.97 Å². The van der Waals surface area contributed by atoms with Crippen LogP contribution in [0.3, 0.4) is 0 Å². The van der Waals surface area contributed by atoms with E-state index in [1.807, 2.05) is 0 Å². The highest BCUT2D eigenvalue weighted by atomic mass is 16.7. The Labute approximate surface area is 215 Å². The number of carbonyl (C=O) groups excluding carboxylic acids is 1. The number of aliphatic hydroxyl groups is 5. The van der Waals surface area contributed by atoms with E-state index in [9.17, 15) is 25.2 Å². The van der Waals surface area contributed by atoms with E-state index >= 15 is 0 Å². The molecule has 9 nitrogen and oxygen atoms in total. The standard InChI is InChI=1S/C27H46O9/c1-2-3-4-5-6-7-8-9-10-11-12-13-14-15-16-17-23(30)34-19-21(29)20-35-27-26(33)25(32)24(31)22(18-28)36-27/h3-4,6-7,9-10,21-22,24-29,31-33H,2,5,8,11-20H2,1H3/b4-3-,7-6+,10-9-/t21-,22-,24+,25+,26+,27+/m0/s1. The predicted molar refractivity (Wildman–Crippen MR) is 136 cm³/mol. The normalized spacial score (nSPS) is 25.8. The van der Waals surface area contributed by atoms with Crippen molar-refractivity contribution in [3.05, 3.63) is 36.5 Å². The molecular weight excluding hydrogens is 468 g/mol. The van der Waals surface area contributed by atoms with Crippen LogP contribution in [-0.2, 0) is 19.0 Å². The molecule has 0 aliphatic carbocycles. The third kappa shape index (κ3) is 14.2. The van der Waals surface area contributed by atoms with Crippen molar-refractivity contribution in [3.63, 3.8) is 0 Å². The van der Waals surface area contributed by atoms with E-state index in [0.717, 1.165) is 57.8 Å². The molecule has 1 aliphatic heterocycles. The average Bonchev–Trinajstić information content (AvgIpc) is 2.88. The Bertz CT molecular complexity index is 647. The highest BCUT2D eigenvalue weighted by molar-refractivity contribution is 5.69. The Hall–Kier alpha value is -1.59. The zero-order chi connectivity index (χ0) is 26.6. The maximum atomic E-state index is 11.9. The van der Waals surface area contributed by atoms with E-state index in [1.54, 1.807) is 0 Å². The van der Waals surface area contributed by atoms with Gasteiger partial charge in [-0.2, -0.15) is 0 Å². The van der Waals surface area contributed by atoms with Gasteiger partial charge in [0.15, 0.2) is 6.29 Å². The zero-order valence-corrected chi connectivity index (χ0v) is 21.5. The molecule has 0 spiro atoms. The Morgan fingerprint density at radius 3 is 2.19 bits per heavy atom. The first-order valence-electron chi connectivity index (χ1n) is 13.1. The van der Waals surface area contributed by atoms with Crippen LogP contribution in [0.5, 0.6) is 0 Å². The van der Waals surface area contributed by atoms with E-state index in [-0.39, 0.29) is 19.6 Å². The van der Waals surface area contributed by atoms with Gasteiger partial charge in [0.25, 0.3) is 0 Å². The molecule has 1 fully saturated rings. The van der Waals surface area contributed by atoms with Crippen LogP contribution >= 0.6 is 0 Å². The molecule has 0 bridgehead atoms. The molecular formula is C27H46O9. The molecule has 0 amide bonds. The van der Waals surface area contributed by atoms with Crippen molar-refractivity contribution in [2.24, 2.45) is 0 Å². The number of unbranched alkanes of at least 4 members (excludes halogenated alkanes) is 5. The molecule has 0 aromatic carbocycles. The highest BCUT2D eigenvalue weighted by Gasteiger charge is 2.44. The van der Waals surface area contributed by atoms with Gasteiger partial charge in [0.05, 0.1) is 13.2 Å². The summed E-state index contributed by atoms with van der Waals surface area (Å²) in [5.41, 5.74) is 0. The lowest BCUT2D eigenvalue weighted by Crippen LogP contribution is -2.59. The fraction of sp³-hybridized carbons (Fsp3) is 0.741. The van der Waals surface area contributed by atoms with Crippen molar-refractivity contribution in [1.29, 1.82) is 0 Å². The second kappa shape index (κ2) is 20.5. The van der Waals surface area contributed by atoms with Gasteiger partial charge >= 0.3 is 5.97 Å². The van der Waals surface area contributed by atoms with Crippen LogP contribution in [0.1, 0.15) is 71.1 Å². The van der Waals surface area contributed by atoms with Crippen molar-refractivity contribution in [1.82, 2.24) is 0 Å². The van der Waals surface area contributed by atoms with Crippen LogP contribution in [0.25, 0.3) is 0 Å². The monoisotopic (exact) mass is 514 g/mol. The van der Waals surface area contributed by atoms with Crippen molar-refractivity contribution in [2.75, 3.05) is 19.8 Å². The average molecular weight is 515 g/mol. The number of carbonyl (C=O) groups is 1. The summed E-state index contributed by atoms with van der Waals surface area (Å²) in [7, 11) is 0. The first kappa shape index (κ1) is 32.4. The molecule has 36 heavy (non-hydrogen) atoms. The van der Waals surface area contributed by atoms with E-state index < -0.39 is 49.4 Å². The van der Waals surface area contributed by atoms with E-state index in [1.165, 1.54) is 0 Å². The van der Waals surface area contributed by atoms with Gasteiger partial charge in [-0.3, -0.25) is 4.79 Å². The third-order valence-corrected chi connectivity index (χ3v) is 5.77. The van der Waals surface area contributed by atoms with E-state index in [2.05, 4.69) is 43.4 Å². The Morgan fingerprint density at radius 2 is 1.50 bits per heavy atom. The SMILES string of the molecule is CC/C=C\C/C=C/C/C=C\CCCCCCCC(=O)OC[C@H](O)CO[C@@H]1O[C@@H](CO)[C@@H](O)[C@@H](O)[C@H]1O. The molecule has 1 heterocycles. The van der Waals surface area contributed by atoms with E-state index in [4.69, 9.17) is 19.3 Å². The lowest BCUT2D eigenvalue weighted by atomic mass is 9.99. The molecule has 1 saturated heterocycles. The Kier molecular flexibility index (Phi) is 18.4. The molecule has 1 rings (SSSR count). The summed E-state index contributed by atoms with van der Waals surface area (Å²) in [5, 5.41) is 48.5. The number of aliphatic hydroxyl groups excluding tert-OH is 5. The van der Waals surface area contributed by atoms with Gasteiger partial charge < -0.3 is 39.7 Å². The maximum absolute atomic E-state index is 11.9. The van der Waals surface area contributed by atoms with Gasteiger partial charge in [-0.05, 0) is 38.5 Å². The fourth-order valence-corrected chi connectivity index (χ4v) is 3.61. The minimum absolute atomic E-state index is 0.271. The van der Waals surface area contributed by atoms with Crippen molar-refractivity contribution in [3.8, 4) is 0 Å². The van der Waals surface area contributed by atoms with Crippen LogP contribution in [0, 0.1) is 0 Å². The third-order valence-electron chi connectivity index (χ3n) is 5.77. The van der Waals surface area contributed by atoms with Crippen LogP contribution in [0.2, 0.25) is 0 Å². The molecule has 0 aromatic rings. The molecule has 6 atom stereocenters. The molecule has 5 N–H and O–H groups in total. The topological polar surface area (TPSA) is 146 Å². The largest absolute Gasteiger partial charge is 0.463 e. The summed E-state index contributed by atoms with van der Waals surface area (Å²) in [6.07, 6.45) is 14.3. The van der Waals surface area contributed by atoms with Crippen LogP contribution in [0.15, 0.2) is 36.5 Å². The smallest absolute Gasteiger partial charge is 0.305 e. The number of esters is 1. The summed E-state index contributed by atoms with van der Waals surface area (Å²) in [4.78, 5) is 11.9. The molecule has 0 aromatic heterocycles. The van der Waals surface area contributed by atoms with Crippen molar-refractivity contribution in [2.45, 2.75) is 108 Å². The quantitative estimate of drug-likeness (QED) is 0.0995. The lowest BCUT2D eigenvalue weighted by Gasteiger charge is -2.39. The Balaban J connectivity index is 2.02. The number of ether oxygens (including phenoxy) is 3. The Morgan fingerprint density at radius 1 is 0.861 bits per heavy atom. The number of rotatable bonds is 19. The predicted octanol–water partition coefficient (Wildman–Crippen LogP) is 2.30. The maximum Gasteiger partial charge on any atom is 0.305 e. The zero-order valence-electron chi connectivity index (χ0n) is 21.5. The molecule has 0 radical (unpaired) electrons. The fourth-order valence-electron chi connectivity index (χ4n) is 3.61. The molecule has 0 unspecified atom stereocenters. The molecule has 1 aliphatic rings. The minimum atomic E-state index is -1.56. The molecule has 0 saturated carbocycles. The van der Waals surface area contributed by atoms with Crippen LogP contribution in [0.4, 0.5) is 0 Å². The van der Waals surface area contributed by atoms with Gasteiger partial charge in [-0.1, -0.05) is 62.6 Å². The minimum Gasteiger partial charge on any atom is -0.463 e. The van der Waals surface area contributed by atoms with Gasteiger partial charge in [0.1, 0.15) is 37.1 Å². The van der Waals surface area contributed by atoms with Gasteiger partial charge in [0, 0.05) is 6.42 Å². The molecule has 9 heteroatoms. The van der Waals surface area contributed by atoms with Crippen molar-refractivity contribution < 1.29 is 44.5 Å². The van der Waals surface area contributed by atoms with Crippen LogP contribution < -0.4 is 0 Å². The lowest BCUT2D eigenvalue weighted by molar-refractivity contribution is -0.305. The summed E-state index contributed by atoms with van der Waals surface area (Å²) in [6.45, 7) is 0.964. The summed E-state index contributed by atoms with van der Waals surface area (Å²) < 4.78 is 15.5. The summed E-state index contributed by atoms with van der Waals surface area (Å²) in [6, 6.07) is 0. The van der Waals surface area contributed by atoms with Crippen LogP contribution in [-0.4, -0.2) is 88.1 Å². The second-order valence-corrected chi connectivity index (χ2v) is 8.97. The summed E-state index contributed by atoms with van der Waals surface area (Å²) in [5.74, 6) is -0.400. The highest BCUT2D eigenvalue weighted by Crippen LogP contribution is 2.22. The van der Waals surface area contributed by atoms with E-state index in [0.29, 0.717) is 0 Å². The first-order chi connectivity index (χ1) is 17.4. The second-order valence-electron chi connectivity index (χ2n) is 8.97.